The first-order valence-electron chi connectivity index (χ1n) is 6.85. The van der Waals surface area contributed by atoms with Gasteiger partial charge in [-0.25, -0.2) is 0 Å². The Hall–Kier alpha value is -0.160. The average molecular weight is 240 g/mol. The summed E-state index contributed by atoms with van der Waals surface area (Å²) >= 11 is 0. The summed E-state index contributed by atoms with van der Waals surface area (Å²) in [5.41, 5.74) is 3.52. The van der Waals surface area contributed by atoms with Crippen molar-refractivity contribution in [1.82, 2.24) is 5.43 Å². The van der Waals surface area contributed by atoms with E-state index >= 15 is 0 Å². The molecule has 4 nitrogen and oxygen atoms in total. The highest BCUT2D eigenvalue weighted by molar-refractivity contribution is 5.04. The Kier molecular flexibility index (Phi) is 2.94. The molecule has 0 aromatic carbocycles. The molecule has 1 aliphatic carbocycles. The molecule has 0 aromatic heterocycles. The van der Waals surface area contributed by atoms with Crippen LogP contribution < -0.4 is 11.3 Å². The second-order valence-corrected chi connectivity index (χ2v) is 6.39. The van der Waals surface area contributed by atoms with Crippen molar-refractivity contribution < 1.29 is 9.47 Å². The molecule has 3 rings (SSSR count). The lowest BCUT2D eigenvalue weighted by Crippen LogP contribution is -2.52. The fraction of sp³-hybridized carbons (Fsp3) is 1.00. The topological polar surface area (TPSA) is 56.5 Å². The van der Waals surface area contributed by atoms with Gasteiger partial charge in [0.15, 0.2) is 0 Å². The monoisotopic (exact) mass is 240 g/mol. The first kappa shape index (κ1) is 11.9. The zero-order chi connectivity index (χ0) is 11.9. The van der Waals surface area contributed by atoms with Gasteiger partial charge in [-0.2, -0.15) is 0 Å². The van der Waals surface area contributed by atoms with E-state index in [1.54, 1.807) is 0 Å². The lowest BCUT2D eigenvalue weighted by atomic mass is 9.76. The molecule has 4 heteroatoms. The number of hydrogen-bond donors (Lipinski definition) is 2. The fourth-order valence-corrected chi connectivity index (χ4v) is 3.63. The van der Waals surface area contributed by atoms with Crippen molar-refractivity contribution in [2.45, 2.75) is 50.7 Å². The van der Waals surface area contributed by atoms with Gasteiger partial charge in [0.05, 0.1) is 12.2 Å². The normalized spacial score (nSPS) is 41.6. The molecule has 17 heavy (non-hydrogen) atoms. The maximum Gasteiger partial charge on any atom is 0.0939 e. The predicted molar refractivity (Wildman–Crippen MR) is 65.3 cm³/mol. The molecule has 3 N–H and O–H groups in total. The summed E-state index contributed by atoms with van der Waals surface area (Å²) < 4.78 is 11.5. The van der Waals surface area contributed by atoms with Gasteiger partial charge in [-0.1, -0.05) is 6.92 Å². The average Bonchev–Trinajstić information content (AvgIpc) is 2.89. The smallest absolute Gasteiger partial charge is 0.0939 e. The third-order valence-electron chi connectivity index (χ3n) is 5.04. The van der Waals surface area contributed by atoms with Crippen LogP contribution in [-0.2, 0) is 9.47 Å². The third-order valence-corrected chi connectivity index (χ3v) is 5.04. The molecule has 0 radical (unpaired) electrons. The lowest BCUT2D eigenvalue weighted by Gasteiger charge is -2.42. The molecule has 0 amide bonds. The number of rotatable bonds is 3. The molecular formula is C13H24N2O2. The first-order chi connectivity index (χ1) is 8.18. The molecule has 3 fully saturated rings. The lowest BCUT2D eigenvalue weighted by molar-refractivity contribution is -0.106. The van der Waals surface area contributed by atoms with E-state index in [2.05, 4.69) is 12.3 Å². The highest BCUT2D eigenvalue weighted by Crippen LogP contribution is 2.52. The van der Waals surface area contributed by atoms with Gasteiger partial charge in [-0.05, 0) is 37.0 Å². The summed E-state index contributed by atoms with van der Waals surface area (Å²) in [5.74, 6) is 6.44. The van der Waals surface area contributed by atoms with Gasteiger partial charge < -0.3 is 9.47 Å². The van der Waals surface area contributed by atoms with E-state index in [9.17, 15) is 0 Å². The van der Waals surface area contributed by atoms with Gasteiger partial charge in [-0.3, -0.25) is 11.3 Å². The van der Waals surface area contributed by atoms with Gasteiger partial charge in [-0.15, -0.1) is 0 Å². The van der Waals surface area contributed by atoms with Crippen molar-refractivity contribution in [3.8, 4) is 0 Å². The SMILES string of the molecule is CC1(C(NN)C2CCOC3(CCOC3)C2)CC1. The summed E-state index contributed by atoms with van der Waals surface area (Å²) in [6, 6.07) is 0.448. The van der Waals surface area contributed by atoms with Crippen molar-refractivity contribution in [2.75, 3.05) is 19.8 Å². The molecule has 3 unspecified atom stereocenters. The molecule has 1 spiro atoms. The molecule has 2 heterocycles. The van der Waals surface area contributed by atoms with Crippen molar-refractivity contribution in [1.29, 1.82) is 0 Å². The Labute approximate surface area is 103 Å². The molecule has 3 aliphatic rings. The number of nitrogens with two attached hydrogens (primary N) is 1. The number of hydrogen-bond acceptors (Lipinski definition) is 4. The standard InChI is InChI=1S/C13H24N2O2/c1-12(3-4-12)11(15-14)10-2-6-17-13(8-10)5-7-16-9-13/h10-11,15H,2-9,14H2,1H3. The molecule has 2 aliphatic heterocycles. The van der Waals surface area contributed by atoms with Gasteiger partial charge in [0, 0.05) is 25.7 Å². The van der Waals surface area contributed by atoms with Crippen LogP contribution in [0.3, 0.4) is 0 Å². The van der Waals surface area contributed by atoms with Crippen LogP contribution in [0.4, 0.5) is 0 Å². The molecule has 98 valence electrons. The van der Waals surface area contributed by atoms with E-state index in [1.165, 1.54) is 12.8 Å². The zero-order valence-corrected chi connectivity index (χ0v) is 10.7. The van der Waals surface area contributed by atoms with Crippen molar-refractivity contribution in [3.63, 3.8) is 0 Å². The molecule has 3 atom stereocenters. The van der Waals surface area contributed by atoms with E-state index in [0.29, 0.717) is 17.4 Å². The van der Waals surface area contributed by atoms with Crippen molar-refractivity contribution >= 4 is 0 Å². The summed E-state index contributed by atoms with van der Waals surface area (Å²) in [5, 5.41) is 0. The maximum absolute atomic E-state index is 5.99. The first-order valence-corrected chi connectivity index (χ1v) is 6.85. The van der Waals surface area contributed by atoms with Crippen LogP contribution in [0.25, 0.3) is 0 Å². The van der Waals surface area contributed by atoms with Gasteiger partial charge in [0.25, 0.3) is 0 Å². The van der Waals surface area contributed by atoms with Crippen LogP contribution in [-0.4, -0.2) is 31.5 Å². The minimum absolute atomic E-state index is 0.00324. The Bertz CT molecular complexity index is 285. The van der Waals surface area contributed by atoms with Gasteiger partial charge >= 0.3 is 0 Å². The van der Waals surface area contributed by atoms with Crippen LogP contribution in [0.1, 0.15) is 39.0 Å². The summed E-state index contributed by atoms with van der Waals surface area (Å²) in [4.78, 5) is 0. The Balaban J connectivity index is 1.70. The quantitative estimate of drug-likeness (QED) is 0.575. The molecule has 1 saturated carbocycles. The van der Waals surface area contributed by atoms with E-state index in [0.717, 1.165) is 39.1 Å². The van der Waals surface area contributed by atoms with Crippen molar-refractivity contribution in [3.05, 3.63) is 0 Å². The van der Waals surface area contributed by atoms with Gasteiger partial charge in [0.1, 0.15) is 0 Å². The Morgan fingerprint density at radius 2 is 2.12 bits per heavy atom. The van der Waals surface area contributed by atoms with Crippen LogP contribution in [0.15, 0.2) is 0 Å². The summed E-state index contributed by atoms with van der Waals surface area (Å²) in [7, 11) is 0. The van der Waals surface area contributed by atoms with E-state index in [-0.39, 0.29) is 5.60 Å². The number of nitrogens with one attached hydrogen (secondary N) is 1. The number of hydrazine groups is 1. The number of ether oxygens (including phenoxy) is 2. The highest BCUT2D eigenvalue weighted by atomic mass is 16.6. The minimum Gasteiger partial charge on any atom is -0.378 e. The van der Waals surface area contributed by atoms with E-state index in [1.807, 2.05) is 0 Å². The second kappa shape index (κ2) is 4.19. The molecule has 2 saturated heterocycles. The van der Waals surface area contributed by atoms with E-state index in [4.69, 9.17) is 15.3 Å². The molecular weight excluding hydrogens is 216 g/mol. The molecule has 0 aromatic rings. The van der Waals surface area contributed by atoms with Crippen LogP contribution in [0, 0.1) is 11.3 Å². The largest absolute Gasteiger partial charge is 0.378 e. The summed E-state index contributed by atoms with van der Waals surface area (Å²) in [6.45, 7) is 4.84. The van der Waals surface area contributed by atoms with E-state index < -0.39 is 0 Å². The minimum atomic E-state index is 0.00324. The summed E-state index contributed by atoms with van der Waals surface area (Å²) in [6.07, 6.45) is 5.91. The molecule has 0 bridgehead atoms. The van der Waals surface area contributed by atoms with Crippen molar-refractivity contribution in [2.24, 2.45) is 17.2 Å². The van der Waals surface area contributed by atoms with Crippen LogP contribution in [0.2, 0.25) is 0 Å². The maximum atomic E-state index is 5.99. The zero-order valence-electron chi connectivity index (χ0n) is 10.7. The predicted octanol–water partition coefficient (Wildman–Crippen LogP) is 1.20. The van der Waals surface area contributed by atoms with Crippen LogP contribution >= 0.6 is 0 Å². The van der Waals surface area contributed by atoms with Gasteiger partial charge in [0.2, 0.25) is 0 Å². The van der Waals surface area contributed by atoms with Crippen LogP contribution in [0.5, 0.6) is 0 Å². The second-order valence-electron chi connectivity index (χ2n) is 6.39. The Morgan fingerprint density at radius 1 is 1.29 bits per heavy atom. The highest BCUT2D eigenvalue weighted by Gasteiger charge is 2.51. The fourth-order valence-electron chi connectivity index (χ4n) is 3.63. The third kappa shape index (κ3) is 2.12. The Morgan fingerprint density at radius 3 is 2.71 bits per heavy atom.